The van der Waals surface area contributed by atoms with Crippen LogP contribution in [0.4, 0.5) is 5.69 Å². The Labute approximate surface area is 127 Å². The molecule has 6 heteroatoms. The first-order chi connectivity index (χ1) is 9.87. The average molecular weight is 321 g/mol. The monoisotopic (exact) mass is 321 g/mol. The molecule has 0 saturated heterocycles. The number of hydrogen-bond acceptors (Lipinski definition) is 4. The standard InChI is InChI=1S/C15H15NO3S2/c1-11-3-7-14(8-4-11)20-21(18,19)15-9-5-13(6-10-15)16-12(2)17/h3-10H,1-2H3,(H,16,17). The van der Waals surface area contributed by atoms with Gasteiger partial charge in [-0.15, -0.1) is 0 Å². The third-order valence-electron chi connectivity index (χ3n) is 2.69. The number of carbonyl (C=O) groups is 1. The van der Waals surface area contributed by atoms with Gasteiger partial charge in [0.15, 0.2) is 0 Å². The number of hydrogen-bond donors (Lipinski definition) is 1. The molecule has 1 N–H and O–H groups in total. The molecule has 0 unspecified atom stereocenters. The van der Waals surface area contributed by atoms with E-state index in [0.29, 0.717) is 10.6 Å². The lowest BCUT2D eigenvalue weighted by atomic mass is 10.2. The smallest absolute Gasteiger partial charge is 0.234 e. The molecule has 21 heavy (non-hydrogen) atoms. The first-order valence-corrected chi connectivity index (χ1v) is 9.07. The molecule has 0 spiro atoms. The highest BCUT2D eigenvalue weighted by Crippen LogP contribution is 2.31. The molecule has 0 radical (unpaired) electrons. The Morgan fingerprint density at radius 3 is 2.10 bits per heavy atom. The number of amides is 1. The van der Waals surface area contributed by atoms with E-state index in [1.54, 1.807) is 24.3 Å². The Hall–Kier alpha value is -1.79. The van der Waals surface area contributed by atoms with Crippen molar-refractivity contribution in [3.8, 4) is 0 Å². The number of benzene rings is 2. The molecule has 0 atom stereocenters. The maximum absolute atomic E-state index is 12.3. The number of aryl methyl sites for hydroxylation is 1. The van der Waals surface area contributed by atoms with Crippen LogP contribution in [0.1, 0.15) is 12.5 Å². The summed E-state index contributed by atoms with van der Waals surface area (Å²) < 4.78 is 24.6. The summed E-state index contributed by atoms with van der Waals surface area (Å²) in [7, 11) is -2.66. The van der Waals surface area contributed by atoms with Crippen LogP contribution in [0, 0.1) is 6.92 Å². The number of rotatable bonds is 4. The summed E-state index contributed by atoms with van der Waals surface area (Å²) in [6, 6.07) is 13.4. The Kier molecular flexibility index (Phi) is 4.69. The summed E-state index contributed by atoms with van der Waals surface area (Å²) in [5.41, 5.74) is 1.65. The van der Waals surface area contributed by atoms with Crippen LogP contribution in [-0.2, 0) is 13.7 Å². The van der Waals surface area contributed by atoms with Crippen LogP contribution in [0.15, 0.2) is 58.3 Å². The minimum absolute atomic E-state index is 0.195. The molecule has 2 aromatic carbocycles. The molecule has 2 rings (SSSR count). The van der Waals surface area contributed by atoms with Crippen molar-refractivity contribution in [1.82, 2.24) is 0 Å². The quantitative estimate of drug-likeness (QED) is 0.876. The zero-order valence-electron chi connectivity index (χ0n) is 11.7. The summed E-state index contributed by atoms with van der Waals surface area (Å²) in [4.78, 5) is 11.8. The SMILES string of the molecule is CC(=O)Nc1ccc(S(=O)(=O)Sc2ccc(C)cc2)cc1. The molecule has 0 aliphatic carbocycles. The highest BCUT2D eigenvalue weighted by molar-refractivity contribution is 8.72. The molecule has 0 aromatic heterocycles. The first kappa shape index (κ1) is 15.6. The Morgan fingerprint density at radius 1 is 1.00 bits per heavy atom. The van der Waals surface area contributed by atoms with Crippen LogP contribution >= 0.6 is 10.8 Å². The summed E-state index contributed by atoms with van der Waals surface area (Å²) >= 11 is 0. The first-order valence-electron chi connectivity index (χ1n) is 6.26. The molecular formula is C15H15NO3S2. The van der Waals surface area contributed by atoms with Gasteiger partial charge in [0, 0.05) is 28.3 Å². The molecule has 0 aliphatic rings. The second kappa shape index (κ2) is 6.32. The van der Waals surface area contributed by atoms with E-state index in [1.165, 1.54) is 19.1 Å². The summed E-state index contributed by atoms with van der Waals surface area (Å²) in [5, 5.41) is 2.60. The van der Waals surface area contributed by atoms with E-state index in [-0.39, 0.29) is 10.8 Å². The van der Waals surface area contributed by atoms with Gasteiger partial charge in [-0.05, 0) is 43.3 Å². The molecule has 0 heterocycles. The third kappa shape index (κ3) is 4.34. The second-order valence-corrected chi connectivity index (χ2v) is 8.39. The van der Waals surface area contributed by atoms with Crippen molar-refractivity contribution < 1.29 is 13.2 Å². The zero-order valence-corrected chi connectivity index (χ0v) is 13.3. The highest BCUT2D eigenvalue weighted by atomic mass is 33.1. The lowest BCUT2D eigenvalue weighted by Crippen LogP contribution is -2.05. The van der Waals surface area contributed by atoms with Crippen molar-refractivity contribution in [2.24, 2.45) is 0 Å². The largest absolute Gasteiger partial charge is 0.326 e. The van der Waals surface area contributed by atoms with Gasteiger partial charge in [0.1, 0.15) is 0 Å². The zero-order chi connectivity index (χ0) is 15.5. The summed E-state index contributed by atoms with van der Waals surface area (Å²) in [5.74, 6) is -0.195. The van der Waals surface area contributed by atoms with Gasteiger partial charge in [-0.1, -0.05) is 17.7 Å². The van der Waals surface area contributed by atoms with Crippen molar-refractivity contribution in [1.29, 1.82) is 0 Å². The fourth-order valence-electron chi connectivity index (χ4n) is 1.68. The number of anilines is 1. The average Bonchev–Trinajstić information content (AvgIpc) is 2.41. The van der Waals surface area contributed by atoms with E-state index in [4.69, 9.17) is 0 Å². The van der Waals surface area contributed by atoms with Crippen LogP contribution in [-0.4, -0.2) is 14.3 Å². The minimum atomic E-state index is -3.47. The molecule has 4 nitrogen and oxygen atoms in total. The van der Waals surface area contributed by atoms with Gasteiger partial charge in [-0.3, -0.25) is 4.79 Å². The van der Waals surface area contributed by atoms with Crippen molar-refractivity contribution >= 4 is 31.3 Å². The van der Waals surface area contributed by atoms with Crippen LogP contribution in [0.2, 0.25) is 0 Å². The predicted molar refractivity (Wildman–Crippen MR) is 85.0 cm³/mol. The molecule has 0 aliphatic heterocycles. The normalized spacial score (nSPS) is 11.1. The van der Waals surface area contributed by atoms with E-state index in [2.05, 4.69) is 5.32 Å². The van der Waals surface area contributed by atoms with Crippen LogP contribution in [0.25, 0.3) is 0 Å². The van der Waals surface area contributed by atoms with Gasteiger partial charge in [0.05, 0.1) is 4.90 Å². The van der Waals surface area contributed by atoms with Gasteiger partial charge in [-0.25, -0.2) is 8.42 Å². The third-order valence-corrected chi connectivity index (χ3v) is 6.04. The molecule has 110 valence electrons. The lowest BCUT2D eigenvalue weighted by molar-refractivity contribution is -0.114. The van der Waals surface area contributed by atoms with Gasteiger partial charge in [-0.2, -0.15) is 0 Å². The van der Waals surface area contributed by atoms with Crippen molar-refractivity contribution in [2.45, 2.75) is 23.6 Å². The Morgan fingerprint density at radius 2 is 1.57 bits per heavy atom. The van der Waals surface area contributed by atoms with E-state index < -0.39 is 8.87 Å². The second-order valence-electron chi connectivity index (χ2n) is 4.56. The fraction of sp³-hybridized carbons (Fsp3) is 0.133. The van der Waals surface area contributed by atoms with E-state index in [0.717, 1.165) is 16.4 Å². The number of nitrogens with one attached hydrogen (secondary N) is 1. The van der Waals surface area contributed by atoms with E-state index in [1.807, 2.05) is 19.1 Å². The van der Waals surface area contributed by atoms with Gasteiger partial charge < -0.3 is 5.32 Å². The highest BCUT2D eigenvalue weighted by Gasteiger charge is 2.16. The van der Waals surface area contributed by atoms with Crippen molar-refractivity contribution in [3.63, 3.8) is 0 Å². The minimum Gasteiger partial charge on any atom is -0.326 e. The molecule has 2 aromatic rings. The van der Waals surface area contributed by atoms with E-state index >= 15 is 0 Å². The molecule has 1 amide bonds. The number of carbonyl (C=O) groups excluding carboxylic acids is 1. The maximum Gasteiger partial charge on any atom is 0.234 e. The molecule has 0 bridgehead atoms. The lowest BCUT2D eigenvalue weighted by Gasteiger charge is -2.06. The van der Waals surface area contributed by atoms with Crippen molar-refractivity contribution in [2.75, 3.05) is 5.32 Å². The van der Waals surface area contributed by atoms with Crippen LogP contribution < -0.4 is 5.32 Å². The topological polar surface area (TPSA) is 63.2 Å². The Bertz CT molecular complexity index is 735. The predicted octanol–water partition coefficient (Wildman–Crippen LogP) is 3.43. The van der Waals surface area contributed by atoms with Crippen LogP contribution in [0.3, 0.4) is 0 Å². The Balaban J connectivity index is 2.19. The van der Waals surface area contributed by atoms with E-state index in [9.17, 15) is 13.2 Å². The van der Waals surface area contributed by atoms with Gasteiger partial charge >= 0.3 is 0 Å². The van der Waals surface area contributed by atoms with Crippen molar-refractivity contribution in [3.05, 3.63) is 54.1 Å². The molecular weight excluding hydrogens is 306 g/mol. The van der Waals surface area contributed by atoms with Gasteiger partial charge in [0.2, 0.25) is 14.8 Å². The fourth-order valence-corrected chi connectivity index (χ4v) is 4.46. The molecule has 0 fully saturated rings. The maximum atomic E-state index is 12.3. The van der Waals surface area contributed by atoms with Gasteiger partial charge in [0.25, 0.3) is 0 Å². The molecule has 0 saturated carbocycles. The summed E-state index contributed by atoms with van der Waals surface area (Å²) in [6.45, 7) is 3.35. The van der Waals surface area contributed by atoms with Crippen LogP contribution in [0.5, 0.6) is 0 Å². The summed E-state index contributed by atoms with van der Waals surface area (Å²) in [6.07, 6.45) is 0.